The van der Waals surface area contributed by atoms with Crippen LogP contribution in [0.3, 0.4) is 0 Å². The molecule has 0 radical (unpaired) electrons. The fraction of sp³-hybridized carbons (Fsp3) is 0.148. The number of carboxylic acids is 1. The molecule has 0 atom stereocenters. The van der Waals surface area contributed by atoms with Crippen LogP contribution in [0, 0.1) is 6.92 Å². The minimum absolute atomic E-state index is 0.0462. The van der Waals surface area contributed by atoms with Crippen LogP contribution in [0.4, 0.5) is 18.9 Å². The number of carbonyl (C=O) groups excluding carboxylic acids is 1. The van der Waals surface area contributed by atoms with Crippen LogP contribution < -0.4 is 4.90 Å². The molecule has 1 aliphatic heterocycles. The third kappa shape index (κ3) is 4.02. The summed E-state index contributed by atoms with van der Waals surface area (Å²) < 4.78 is 42.3. The molecular formula is C27H20F3N3O3. The van der Waals surface area contributed by atoms with Gasteiger partial charge in [-0.15, -0.1) is 0 Å². The van der Waals surface area contributed by atoms with Crippen LogP contribution in [0.5, 0.6) is 0 Å². The first-order chi connectivity index (χ1) is 17.1. The fourth-order valence-corrected chi connectivity index (χ4v) is 4.62. The number of aromatic nitrogens is 2. The van der Waals surface area contributed by atoms with Gasteiger partial charge in [0.15, 0.2) is 0 Å². The van der Waals surface area contributed by atoms with Gasteiger partial charge in [-0.05, 0) is 66.1 Å². The van der Waals surface area contributed by atoms with Gasteiger partial charge in [0.2, 0.25) is 0 Å². The molecule has 0 aliphatic carbocycles. The molecule has 0 saturated carbocycles. The van der Waals surface area contributed by atoms with Gasteiger partial charge in [-0.25, -0.2) is 4.79 Å². The zero-order valence-corrected chi connectivity index (χ0v) is 19.1. The molecule has 1 N–H and O–H groups in total. The maximum atomic E-state index is 13.7. The van der Waals surface area contributed by atoms with Crippen molar-refractivity contribution in [2.45, 2.75) is 26.2 Å². The number of alkyl halides is 3. The van der Waals surface area contributed by atoms with E-state index in [4.69, 9.17) is 0 Å². The average molecular weight is 491 g/mol. The second-order valence-electron chi connectivity index (χ2n) is 8.53. The first-order valence-electron chi connectivity index (χ1n) is 11.1. The van der Waals surface area contributed by atoms with Gasteiger partial charge in [-0.2, -0.15) is 13.2 Å². The molecule has 3 heterocycles. The Morgan fingerprint density at radius 3 is 2.44 bits per heavy atom. The number of nitrogens with zero attached hydrogens (tertiary/aromatic N) is 3. The van der Waals surface area contributed by atoms with E-state index in [1.165, 1.54) is 35.2 Å². The molecule has 36 heavy (non-hydrogen) atoms. The molecule has 0 fully saturated rings. The van der Waals surface area contributed by atoms with Gasteiger partial charge >= 0.3 is 12.1 Å². The quantitative estimate of drug-likeness (QED) is 0.394. The zero-order valence-electron chi connectivity index (χ0n) is 19.1. The lowest BCUT2D eigenvalue weighted by molar-refractivity contribution is -0.137. The zero-order chi connectivity index (χ0) is 25.6. The Labute approximate surface area is 204 Å². The highest BCUT2D eigenvalue weighted by Crippen LogP contribution is 2.38. The van der Waals surface area contributed by atoms with Crippen molar-refractivity contribution in [2.75, 3.05) is 4.90 Å². The molecule has 182 valence electrons. The number of aromatic carboxylic acids is 1. The predicted octanol–water partition coefficient (Wildman–Crippen LogP) is 5.78. The number of hydrogen-bond donors (Lipinski definition) is 1. The SMILES string of the molecule is Cc1cc(C(=O)N2Cc3ccc(C(=O)O)n3Cc3ncccc32)ccc1-c1ccccc1C(F)(F)F. The highest BCUT2D eigenvalue weighted by atomic mass is 19.4. The van der Waals surface area contributed by atoms with Crippen molar-refractivity contribution in [1.29, 1.82) is 0 Å². The Hall–Kier alpha value is -4.40. The fourth-order valence-electron chi connectivity index (χ4n) is 4.62. The number of pyridine rings is 1. The number of aryl methyl sites for hydroxylation is 1. The molecule has 2 aromatic heterocycles. The summed E-state index contributed by atoms with van der Waals surface area (Å²) in [7, 11) is 0. The lowest BCUT2D eigenvalue weighted by atomic mass is 9.94. The smallest absolute Gasteiger partial charge is 0.417 e. The normalized spacial score (nSPS) is 13.1. The second kappa shape index (κ2) is 8.67. The largest absolute Gasteiger partial charge is 0.477 e. The lowest BCUT2D eigenvalue weighted by Gasteiger charge is -2.23. The number of halogens is 3. The number of hydrogen-bond acceptors (Lipinski definition) is 3. The van der Waals surface area contributed by atoms with Crippen molar-refractivity contribution in [1.82, 2.24) is 9.55 Å². The Kier molecular flexibility index (Phi) is 5.62. The minimum Gasteiger partial charge on any atom is -0.477 e. The maximum Gasteiger partial charge on any atom is 0.417 e. The molecule has 5 rings (SSSR count). The third-order valence-electron chi connectivity index (χ3n) is 6.32. The second-order valence-corrected chi connectivity index (χ2v) is 8.53. The maximum absolute atomic E-state index is 13.7. The summed E-state index contributed by atoms with van der Waals surface area (Å²) in [5, 5.41) is 9.55. The number of carboxylic acid groups (broad SMARTS) is 1. The van der Waals surface area contributed by atoms with Crippen molar-refractivity contribution < 1.29 is 27.9 Å². The predicted molar refractivity (Wildman–Crippen MR) is 127 cm³/mol. The van der Waals surface area contributed by atoms with Gasteiger partial charge in [0.25, 0.3) is 5.91 Å². The van der Waals surface area contributed by atoms with Crippen molar-refractivity contribution in [2.24, 2.45) is 0 Å². The number of amides is 1. The Bertz CT molecular complexity index is 1510. The molecule has 0 bridgehead atoms. The number of anilines is 1. The highest BCUT2D eigenvalue weighted by Gasteiger charge is 2.34. The lowest BCUT2D eigenvalue weighted by Crippen LogP contribution is -2.30. The van der Waals surface area contributed by atoms with Crippen molar-refractivity contribution in [3.05, 3.63) is 107 Å². The molecule has 1 aliphatic rings. The van der Waals surface area contributed by atoms with Gasteiger partial charge < -0.3 is 14.6 Å². The van der Waals surface area contributed by atoms with E-state index in [1.807, 2.05) is 0 Å². The Morgan fingerprint density at radius 1 is 0.944 bits per heavy atom. The summed E-state index contributed by atoms with van der Waals surface area (Å²) in [4.78, 5) is 31.3. The van der Waals surface area contributed by atoms with Gasteiger partial charge in [-0.3, -0.25) is 9.78 Å². The van der Waals surface area contributed by atoms with E-state index in [0.29, 0.717) is 33.8 Å². The molecule has 4 aromatic rings. The van der Waals surface area contributed by atoms with E-state index in [9.17, 15) is 27.9 Å². The molecule has 0 unspecified atom stereocenters. The first kappa shape index (κ1) is 23.3. The van der Waals surface area contributed by atoms with E-state index in [2.05, 4.69) is 4.98 Å². The van der Waals surface area contributed by atoms with Crippen molar-refractivity contribution >= 4 is 17.6 Å². The summed E-state index contributed by atoms with van der Waals surface area (Å²) in [6.45, 7) is 1.97. The number of rotatable bonds is 3. The summed E-state index contributed by atoms with van der Waals surface area (Å²) in [5.74, 6) is -1.45. The van der Waals surface area contributed by atoms with Crippen LogP contribution in [0.1, 0.15) is 43.4 Å². The Morgan fingerprint density at radius 2 is 1.72 bits per heavy atom. The third-order valence-corrected chi connectivity index (χ3v) is 6.32. The van der Waals surface area contributed by atoms with Crippen LogP contribution in [0.25, 0.3) is 11.1 Å². The molecule has 0 saturated heterocycles. The van der Waals surface area contributed by atoms with Crippen molar-refractivity contribution in [3.8, 4) is 11.1 Å². The topological polar surface area (TPSA) is 75.4 Å². The monoisotopic (exact) mass is 491 g/mol. The molecule has 0 spiro atoms. The minimum atomic E-state index is -4.51. The number of carbonyl (C=O) groups is 2. The molecule has 1 amide bonds. The van der Waals surface area contributed by atoms with E-state index >= 15 is 0 Å². The summed E-state index contributed by atoms with van der Waals surface area (Å²) in [6, 6.07) is 16.6. The summed E-state index contributed by atoms with van der Waals surface area (Å²) in [5.41, 5.74) is 2.33. The van der Waals surface area contributed by atoms with Gasteiger partial charge in [0.1, 0.15) is 5.69 Å². The average Bonchev–Trinajstić information content (AvgIpc) is 3.16. The van der Waals surface area contributed by atoms with Crippen molar-refractivity contribution in [3.63, 3.8) is 0 Å². The van der Waals surface area contributed by atoms with Gasteiger partial charge in [-0.1, -0.05) is 24.3 Å². The number of benzene rings is 2. The summed E-state index contributed by atoms with van der Waals surface area (Å²) >= 11 is 0. The van der Waals surface area contributed by atoms with E-state index < -0.39 is 17.7 Å². The summed E-state index contributed by atoms with van der Waals surface area (Å²) in [6.07, 6.45) is -2.93. The van der Waals surface area contributed by atoms with Gasteiger partial charge in [0, 0.05) is 17.5 Å². The molecule has 2 aromatic carbocycles. The standard InChI is InChI=1S/C27H20F3N3O3/c1-16-13-17(8-10-19(16)20-5-2-3-6-21(20)27(28,29)30)25(34)33-14-18-9-11-24(26(35)36)32(18)15-22-23(33)7-4-12-31-22/h2-13H,14-15H2,1H3,(H,35,36). The Balaban J connectivity index is 1.55. The number of fused-ring (bicyclic) bond motifs is 2. The van der Waals surface area contributed by atoms with Crippen LogP contribution in [0.2, 0.25) is 0 Å². The van der Waals surface area contributed by atoms with E-state index in [1.54, 1.807) is 48.0 Å². The van der Waals surface area contributed by atoms with Crippen LogP contribution in [-0.2, 0) is 19.3 Å². The molecule has 9 heteroatoms. The van der Waals surface area contributed by atoms with Crippen LogP contribution in [-0.4, -0.2) is 26.5 Å². The van der Waals surface area contributed by atoms with E-state index in [0.717, 1.165) is 6.07 Å². The van der Waals surface area contributed by atoms with E-state index in [-0.39, 0.29) is 30.3 Å². The van der Waals surface area contributed by atoms with Crippen LogP contribution >= 0.6 is 0 Å². The molecule has 6 nitrogen and oxygen atoms in total. The van der Waals surface area contributed by atoms with Gasteiger partial charge in [0.05, 0.1) is 30.0 Å². The highest BCUT2D eigenvalue weighted by molar-refractivity contribution is 6.07. The van der Waals surface area contributed by atoms with Crippen LogP contribution in [0.15, 0.2) is 72.9 Å². The first-order valence-corrected chi connectivity index (χ1v) is 11.1. The molecular weight excluding hydrogens is 471 g/mol.